The number of hydrogen-bond acceptors (Lipinski definition) is 0. The molecule has 0 radical (unpaired) electrons. The lowest BCUT2D eigenvalue weighted by Gasteiger charge is -2.11. The fourth-order valence-corrected chi connectivity index (χ4v) is 1.62. The lowest BCUT2D eigenvalue weighted by atomic mass is 10.0. The van der Waals surface area contributed by atoms with Crippen molar-refractivity contribution in [3.8, 4) is 0 Å². The van der Waals surface area contributed by atoms with Gasteiger partial charge in [0.2, 0.25) is 0 Å². The Morgan fingerprint density at radius 1 is 1.21 bits per heavy atom. The lowest BCUT2D eigenvalue weighted by molar-refractivity contribution is -0.138. The first kappa shape index (κ1) is 9.56. The van der Waals surface area contributed by atoms with E-state index in [1.54, 1.807) is 6.07 Å². The third-order valence-corrected chi connectivity index (χ3v) is 2.62. The average molecular weight is 200 g/mol. The van der Waals surface area contributed by atoms with Crippen LogP contribution in [0.5, 0.6) is 0 Å². The highest BCUT2D eigenvalue weighted by molar-refractivity contribution is 5.36. The summed E-state index contributed by atoms with van der Waals surface area (Å²) in [6.07, 6.45) is -2.16. The van der Waals surface area contributed by atoms with Crippen LogP contribution in [0.25, 0.3) is 0 Å². The second kappa shape index (κ2) is 3.01. The zero-order chi connectivity index (χ0) is 10.3. The van der Waals surface area contributed by atoms with E-state index in [0.29, 0.717) is 11.5 Å². The molecule has 0 aromatic heterocycles. The maximum atomic E-state index is 12.5. The standard InChI is InChI=1S/C11H11F3/c1-7-2-3-9(8-4-5-8)6-10(7)11(12,13)14/h2-3,6,8H,4-5H2,1H3. The Bertz CT molecular complexity index is 348. The number of benzene rings is 1. The fourth-order valence-electron chi connectivity index (χ4n) is 1.62. The van der Waals surface area contributed by atoms with Crippen LogP contribution in [-0.2, 0) is 6.18 Å². The third-order valence-electron chi connectivity index (χ3n) is 2.62. The highest BCUT2D eigenvalue weighted by Gasteiger charge is 2.34. The first-order valence-corrected chi connectivity index (χ1v) is 4.66. The monoisotopic (exact) mass is 200 g/mol. The summed E-state index contributed by atoms with van der Waals surface area (Å²) in [5, 5.41) is 0. The van der Waals surface area contributed by atoms with Gasteiger partial charge in [-0.2, -0.15) is 13.2 Å². The van der Waals surface area contributed by atoms with Crippen LogP contribution < -0.4 is 0 Å². The van der Waals surface area contributed by atoms with Crippen LogP contribution in [0.1, 0.15) is 35.4 Å². The highest BCUT2D eigenvalue weighted by atomic mass is 19.4. The van der Waals surface area contributed by atoms with Crippen molar-refractivity contribution in [1.82, 2.24) is 0 Å². The first-order chi connectivity index (χ1) is 6.48. The molecular formula is C11H11F3. The van der Waals surface area contributed by atoms with Crippen LogP contribution in [0.4, 0.5) is 13.2 Å². The molecule has 0 heterocycles. The molecule has 0 bridgehead atoms. The smallest absolute Gasteiger partial charge is 0.166 e. The Labute approximate surface area is 80.7 Å². The molecule has 0 saturated heterocycles. The molecule has 1 aliphatic rings. The van der Waals surface area contributed by atoms with E-state index < -0.39 is 11.7 Å². The summed E-state index contributed by atoms with van der Waals surface area (Å²) < 4.78 is 37.5. The largest absolute Gasteiger partial charge is 0.416 e. The molecule has 76 valence electrons. The zero-order valence-corrected chi connectivity index (χ0v) is 7.86. The molecule has 1 aromatic rings. The van der Waals surface area contributed by atoms with Gasteiger partial charge in [-0.15, -0.1) is 0 Å². The van der Waals surface area contributed by atoms with Gasteiger partial charge >= 0.3 is 6.18 Å². The van der Waals surface area contributed by atoms with E-state index in [1.807, 2.05) is 6.07 Å². The van der Waals surface area contributed by atoms with Gasteiger partial charge in [-0.1, -0.05) is 12.1 Å². The molecule has 0 amide bonds. The van der Waals surface area contributed by atoms with Gasteiger partial charge in [0.15, 0.2) is 0 Å². The van der Waals surface area contributed by atoms with E-state index in [1.165, 1.54) is 13.0 Å². The predicted molar refractivity (Wildman–Crippen MR) is 48.2 cm³/mol. The summed E-state index contributed by atoms with van der Waals surface area (Å²) in [5.74, 6) is 0.372. The van der Waals surface area contributed by atoms with Crippen LogP contribution in [0.3, 0.4) is 0 Å². The molecule has 1 fully saturated rings. The highest BCUT2D eigenvalue weighted by Crippen LogP contribution is 2.42. The minimum Gasteiger partial charge on any atom is -0.166 e. The van der Waals surface area contributed by atoms with Gasteiger partial charge < -0.3 is 0 Å². The van der Waals surface area contributed by atoms with E-state index in [-0.39, 0.29) is 0 Å². The van der Waals surface area contributed by atoms with Gasteiger partial charge in [0.1, 0.15) is 0 Å². The normalized spacial score (nSPS) is 17.1. The van der Waals surface area contributed by atoms with E-state index in [4.69, 9.17) is 0 Å². The van der Waals surface area contributed by atoms with Crippen molar-refractivity contribution in [3.63, 3.8) is 0 Å². The van der Waals surface area contributed by atoms with Crippen molar-refractivity contribution in [1.29, 1.82) is 0 Å². The molecule has 0 spiro atoms. The van der Waals surface area contributed by atoms with Crippen molar-refractivity contribution in [3.05, 3.63) is 34.9 Å². The Morgan fingerprint density at radius 3 is 2.36 bits per heavy atom. The minimum atomic E-state index is -4.21. The molecule has 0 unspecified atom stereocenters. The molecular weight excluding hydrogens is 189 g/mol. The average Bonchev–Trinajstić information content (AvgIpc) is 2.85. The van der Waals surface area contributed by atoms with Gasteiger partial charge in [-0.05, 0) is 42.9 Å². The van der Waals surface area contributed by atoms with Gasteiger partial charge in [0.05, 0.1) is 5.56 Å². The Morgan fingerprint density at radius 2 is 1.86 bits per heavy atom. The number of hydrogen-bond donors (Lipinski definition) is 0. The van der Waals surface area contributed by atoms with Gasteiger partial charge in [0, 0.05) is 0 Å². The quantitative estimate of drug-likeness (QED) is 0.645. The van der Waals surface area contributed by atoms with Crippen molar-refractivity contribution in [2.45, 2.75) is 31.9 Å². The van der Waals surface area contributed by atoms with Crippen molar-refractivity contribution >= 4 is 0 Å². The fraction of sp³-hybridized carbons (Fsp3) is 0.455. The van der Waals surface area contributed by atoms with Crippen LogP contribution in [0.2, 0.25) is 0 Å². The number of alkyl halides is 3. The zero-order valence-electron chi connectivity index (χ0n) is 7.86. The van der Waals surface area contributed by atoms with Gasteiger partial charge in [-0.3, -0.25) is 0 Å². The molecule has 1 aliphatic carbocycles. The molecule has 1 aromatic carbocycles. The number of halogens is 3. The summed E-state index contributed by atoms with van der Waals surface area (Å²) in [7, 11) is 0. The Balaban J connectivity index is 2.41. The molecule has 0 atom stereocenters. The SMILES string of the molecule is Cc1ccc(C2CC2)cc1C(F)(F)F. The summed E-state index contributed by atoms with van der Waals surface area (Å²) in [5.41, 5.74) is 0.659. The van der Waals surface area contributed by atoms with E-state index in [2.05, 4.69) is 0 Å². The molecule has 14 heavy (non-hydrogen) atoms. The first-order valence-electron chi connectivity index (χ1n) is 4.66. The Kier molecular flexibility index (Phi) is 2.05. The predicted octanol–water partition coefficient (Wildman–Crippen LogP) is 3.89. The van der Waals surface area contributed by atoms with E-state index >= 15 is 0 Å². The molecule has 0 nitrogen and oxygen atoms in total. The second-order valence-corrected chi connectivity index (χ2v) is 3.85. The summed E-state index contributed by atoms with van der Waals surface area (Å²) >= 11 is 0. The second-order valence-electron chi connectivity index (χ2n) is 3.85. The molecule has 2 rings (SSSR count). The van der Waals surface area contributed by atoms with Gasteiger partial charge in [-0.25, -0.2) is 0 Å². The maximum Gasteiger partial charge on any atom is 0.416 e. The number of rotatable bonds is 1. The summed E-state index contributed by atoms with van der Waals surface area (Å²) in [6.45, 7) is 1.50. The third kappa shape index (κ3) is 1.76. The van der Waals surface area contributed by atoms with Crippen molar-refractivity contribution < 1.29 is 13.2 Å². The van der Waals surface area contributed by atoms with Crippen molar-refractivity contribution in [2.75, 3.05) is 0 Å². The van der Waals surface area contributed by atoms with Crippen LogP contribution in [-0.4, -0.2) is 0 Å². The lowest BCUT2D eigenvalue weighted by Crippen LogP contribution is -2.07. The molecule has 3 heteroatoms. The minimum absolute atomic E-state index is 0.307. The maximum absolute atomic E-state index is 12.5. The van der Waals surface area contributed by atoms with Crippen LogP contribution in [0.15, 0.2) is 18.2 Å². The topological polar surface area (TPSA) is 0 Å². The van der Waals surface area contributed by atoms with Crippen LogP contribution >= 0.6 is 0 Å². The Hall–Kier alpha value is -0.990. The molecule has 0 N–H and O–H groups in total. The summed E-state index contributed by atoms with van der Waals surface area (Å²) in [4.78, 5) is 0. The summed E-state index contributed by atoms with van der Waals surface area (Å²) in [6, 6.07) is 4.67. The van der Waals surface area contributed by atoms with E-state index in [0.717, 1.165) is 18.4 Å². The van der Waals surface area contributed by atoms with E-state index in [9.17, 15) is 13.2 Å². The van der Waals surface area contributed by atoms with Gasteiger partial charge in [0.25, 0.3) is 0 Å². The molecule has 1 saturated carbocycles. The molecule has 0 aliphatic heterocycles. The number of aryl methyl sites for hydroxylation is 1. The van der Waals surface area contributed by atoms with Crippen molar-refractivity contribution in [2.24, 2.45) is 0 Å². The van der Waals surface area contributed by atoms with Crippen LogP contribution in [0, 0.1) is 6.92 Å².